The summed E-state index contributed by atoms with van der Waals surface area (Å²) in [5, 5.41) is 0. The predicted molar refractivity (Wildman–Crippen MR) is 59.2 cm³/mol. The van der Waals surface area contributed by atoms with Crippen LogP contribution >= 0.6 is 0 Å². The zero-order valence-corrected chi connectivity index (χ0v) is 10.8. The van der Waals surface area contributed by atoms with Crippen molar-refractivity contribution in [1.29, 1.82) is 0 Å². The van der Waals surface area contributed by atoms with Crippen molar-refractivity contribution in [3.63, 3.8) is 0 Å². The van der Waals surface area contributed by atoms with Gasteiger partial charge < -0.3 is 0 Å². The van der Waals surface area contributed by atoms with Crippen LogP contribution in [0.1, 0.15) is 0 Å². The van der Waals surface area contributed by atoms with Crippen molar-refractivity contribution in [2.45, 2.75) is 0 Å². The Labute approximate surface area is 114 Å². The van der Waals surface area contributed by atoms with E-state index in [2.05, 4.69) is 0 Å². The van der Waals surface area contributed by atoms with Gasteiger partial charge in [-0.05, 0) is 113 Å². The molecule has 15 rings (SSSR count). The summed E-state index contributed by atoms with van der Waals surface area (Å²) in [5.74, 6) is 14.1. The monoisotopic (exact) mass is 250 g/mol. The Morgan fingerprint density at radius 2 is 0.300 bits per heavy atom. The molecule has 90 valence electrons. The van der Waals surface area contributed by atoms with E-state index >= 15 is 0 Å². The van der Waals surface area contributed by atoms with Gasteiger partial charge in [-0.1, -0.05) is 0 Å². The van der Waals surface area contributed by atoms with E-state index in [0.29, 0.717) is 0 Å². The molecule has 0 radical (unpaired) electrons. The van der Waals surface area contributed by atoms with E-state index < -0.39 is 0 Å². The molecule has 15 saturated carbocycles. The van der Waals surface area contributed by atoms with Gasteiger partial charge in [0, 0.05) is 0 Å². The lowest BCUT2D eigenvalue weighted by Gasteiger charge is -3.24. The molecular formula is C20H10. The minimum Gasteiger partial charge on any atom is -0.0265 e. The van der Waals surface area contributed by atoms with Crippen LogP contribution in [0.4, 0.5) is 0 Å². The topological polar surface area (TPSA) is 0 Å². The first-order valence-corrected chi connectivity index (χ1v) is 9.97. The second-order valence-corrected chi connectivity index (χ2v) is 13.3. The molecule has 15 fully saturated rings. The zero-order valence-electron chi connectivity index (χ0n) is 10.8. The van der Waals surface area contributed by atoms with E-state index in [1.54, 1.807) is 0 Å². The highest BCUT2D eigenvalue weighted by Crippen LogP contribution is 3.63. The van der Waals surface area contributed by atoms with Crippen LogP contribution in [0.5, 0.6) is 0 Å². The molecule has 0 N–H and O–H groups in total. The van der Waals surface area contributed by atoms with Crippen molar-refractivity contribution in [3.05, 3.63) is 0 Å². The Hall–Kier alpha value is 0. The third-order valence-electron chi connectivity index (χ3n) is 18.2. The van der Waals surface area contributed by atoms with Crippen molar-refractivity contribution in [3.8, 4) is 0 Å². The Morgan fingerprint density at radius 3 is 0.400 bits per heavy atom. The van der Waals surface area contributed by atoms with Gasteiger partial charge in [-0.3, -0.25) is 0 Å². The molecule has 0 nitrogen and oxygen atoms in total. The fourth-order valence-electron chi connectivity index (χ4n) is 23.6. The highest BCUT2D eigenvalue weighted by molar-refractivity contribution is 6.07. The van der Waals surface area contributed by atoms with Crippen molar-refractivity contribution in [2.75, 3.05) is 0 Å². The molecule has 0 heteroatoms. The molecule has 15 aliphatic rings. The predicted octanol–water partition coefficient (Wildman–Crippen LogP) is 1.23. The largest absolute Gasteiger partial charge is 0.0265 e. The Morgan fingerprint density at radius 1 is 0.200 bits per heavy atom. The summed E-state index contributed by atoms with van der Waals surface area (Å²) in [7, 11) is 0. The number of hydrogen-bond acceptors (Lipinski definition) is 0. The summed E-state index contributed by atoms with van der Waals surface area (Å²) in [5.41, 5.74) is 11.7. The molecule has 0 atom stereocenters. The number of fused-ring (bicyclic) bond motifs is 10. The van der Waals surface area contributed by atoms with Crippen LogP contribution in [0.2, 0.25) is 0 Å². The smallest absolute Gasteiger partial charge is 0.00502 e. The summed E-state index contributed by atoms with van der Waals surface area (Å²) in [6.07, 6.45) is 0. The number of rotatable bonds is 0. The van der Waals surface area contributed by atoms with Crippen molar-refractivity contribution in [1.82, 2.24) is 0 Å². The first-order chi connectivity index (χ1) is 9.97. The second kappa shape index (κ2) is 0.760. The maximum absolute atomic E-state index is 1.41. The molecule has 0 saturated heterocycles. The summed E-state index contributed by atoms with van der Waals surface area (Å²) < 4.78 is 0. The lowest BCUT2D eigenvalue weighted by atomic mass is 8.78. The van der Waals surface area contributed by atoms with Crippen molar-refractivity contribution in [2.24, 2.45) is 113 Å². The van der Waals surface area contributed by atoms with Gasteiger partial charge in [0.2, 0.25) is 0 Å². The highest BCUT2D eigenvalue weighted by Gasteiger charge is 3.62. The summed E-state index contributed by atoms with van der Waals surface area (Å²) in [6.45, 7) is 0. The number of hydrogen-bond donors (Lipinski definition) is 0. The standard InChI is InChI=1S/C20H10/c1-2-4-5-3(1)13-11(1)12(2)15(4)16(5,13)20-10-8-6-7-9(10)19(15,20)17(7,12)14(6,11)18(8,13)20/h1-10H. The van der Waals surface area contributed by atoms with Crippen molar-refractivity contribution < 1.29 is 0 Å². The third-order valence-corrected chi connectivity index (χ3v) is 18.2. The van der Waals surface area contributed by atoms with E-state index in [4.69, 9.17) is 0 Å². The first-order valence-electron chi connectivity index (χ1n) is 9.97. The van der Waals surface area contributed by atoms with Crippen LogP contribution < -0.4 is 0 Å². The molecule has 0 aliphatic heterocycles. The van der Waals surface area contributed by atoms with Crippen LogP contribution in [0.3, 0.4) is 0 Å². The van der Waals surface area contributed by atoms with Gasteiger partial charge in [0.15, 0.2) is 0 Å². The molecule has 0 aromatic heterocycles. The minimum absolute atomic E-state index is 1.17. The van der Waals surface area contributed by atoms with E-state index in [0.717, 1.165) is 0 Å². The Bertz CT molecular complexity index is 754. The Kier molecular flexibility index (Phi) is 0.224. The van der Waals surface area contributed by atoms with Gasteiger partial charge in [0.1, 0.15) is 0 Å². The lowest BCUT2D eigenvalue weighted by Crippen LogP contribution is -3.23. The maximum atomic E-state index is 1.41. The van der Waals surface area contributed by atoms with Crippen LogP contribution in [0.15, 0.2) is 0 Å². The third kappa shape index (κ3) is 0.0942. The van der Waals surface area contributed by atoms with Gasteiger partial charge in [0.05, 0.1) is 0 Å². The normalized spacial score (nSPS) is 150. The van der Waals surface area contributed by atoms with Gasteiger partial charge in [-0.2, -0.15) is 0 Å². The van der Waals surface area contributed by atoms with E-state index in [1.165, 1.54) is 113 Å². The molecule has 10 spiro atoms. The van der Waals surface area contributed by atoms with Crippen LogP contribution in [-0.4, -0.2) is 0 Å². The van der Waals surface area contributed by atoms with E-state index in [1.807, 2.05) is 0 Å². The van der Waals surface area contributed by atoms with Gasteiger partial charge in [-0.15, -0.1) is 0 Å². The summed E-state index contributed by atoms with van der Waals surface area (Å²) >= 11 is 0. The first kappa shape index (κ1) is 5.89. The quantitative estimate of drug-likeness (QED) is 0.606. The Balaban J connectivity index is 1.51. The molecule has 0 amide bonds. The van der Waals surface area contributed by atoms with Crippen molar-refractivity contribution >= 4 is 0 Å². The molecule has 0 aromatic rings. The average molecular weight is 250 g/mol. The van der Waals surface area contributed by atoms with E-state index in [9.17, 15) is 0 Å². The molecule has 0 heterocycles. The fraction of sp³-hybridized carbons (Fsp3) is 1.00. The molecule has 15 aliphatic carbocycles. The zero-order chi connectivity index (χ0) is 10.8. The van der Waals surface area contributed by atoms with Gasteiger partial charge >= 0.3 is 0 Å². The SMILES string of the molecule is C12C3C4C5C1C16C27C32C38C9C%10C%11C%12C9C39C42C51C%129C%116C%1078. The summed E-state index contributed by atoms with van der Waals surface area (Å²) in [6, 6.07) is 0. The molecule has 20 heavy (non-hydrogen) atoms. The van der Waals surface area contributed by atoms with Gasteiger partial charge in [0.25, 0.3) is 0 Å². The van der Waals surface area contributed by atoms with Crippen LogP contribution in [0.25, 0.3) is 0 Å². The van der Waals surface area contributed by atoms with Gasteiger partial charge in [-0.25, -0.2) is 0 Å². The van der Waals surface area contributed by atoms with E-state index in [-0.39, 0.29) is 0 Å². The van der Waals surface area contributed by atoms with Crippen LogP contribution in [-0.2, 0) is 0 Å². The molecule has 0 unspecified atom stereocenters. The summed E-state index contributed by atoms with van der Waals surface area (Å²) in [4.78, 5) is 0. The molecular weight excluding hydrogens is 240 g/mol. The minimum atomic E-state index is 1.17. The lowest BCUT2D eigenvalue weighted by molar-refractivity contribution is -0.801. The molecule has 0 aromatic carbocycles. The van der Waals surface area contributed by atoms with Crippen LogP contribution in [0, 0.1) is 113 Å². The average Bonchev–Trinajstić information content (AvgIpc) is 2.61. The molecule has 0 bridgehead atoms. The maximum Gasteiger partial charge on any atom is -0.00502 e. The fourth-order valence-corrected chi connectivity index (χ4v) is 23.6. The highest BCUT2D eigenvalue weighted by atomic mass is 15.6. The second-order valence-electron chi connectivity index (χ2n) is 13.3.